The van der Waals surface area contributed by atoms with E-state index in [-0.39, 0.29) is 5.89 Å². The van der Waals surface area contributed by atoms with Crippen molar-refractivity contribution in [3.05, 3.63) is 36.2 Å². The number of benzene rings is 1. The van der Waals surface area contributed by atoms with Gasteiger partial charge in [-0.2, -0.15) is 4.98 Å². The summed E-state index contributed by atoms with van der Waals surface area (Å²) in [6.07, 6.45) is 5.09. The van der Waals surface area contributed by atoms with Crippen LogP contribution in [0.4, 0.5) is 0 Å². The molecule has 62 valence electrons. The molecule has 2 rings (SSSR count). The topological polar surface area (TPSA) is 38.9 Å². The molecule has 0 radical (unpaired) electrons. The molecular weight excluding hydrogens is 164 g/mol. The average Bonchev–Trinajstić information content (AvgIpc) is 2.67. The van der Waals surface area contributed by atoms with Crippen LogP contribution in [0.3, 0.4) is 0 Å². The predicted octanol–water partition coefficient (Wildman–Crippen LogP) is 1.72. The molecule has 0 bridgehead atoms. The molecule has 2 aromatic rings. The monoisotopic (exact) mass is 170 g/mol. The van der Waals surface area contributed by atoms with Gasteiger partial charge in [-0.1, -0.05) is 35.5 Å². The standard InChI is InChI=1S/C10H6N2O/c1-2-9-11-10(12-13-9)8-6-4-3-5-7-8/h1,3-7H. The molecule has 0 aliphatic rings. The van der Waals surface area contributed by atoms with Crippen molar-refractivity contribution in [3.63, 3.8) is 0 Å². The van der Waals surface area contributed by atoms with E-state index in [1.165, 1.54) is 0 Å². The highest BCUT2D eigenvalue weighted by molar-refractivity contribution is 5.53. The van der Waals surface area contributed by atoms with Gasteiger partial charge in [-0.15, -0.1) is 6.42 Å². The van der Waals surface area contributed by atoms with Gasteiger partial charge in [-0.05, 0) is 5.92 Å². The van der Waals surface area contributed by atoms with E-state index >= 15 is 0 Å². The SMILES string of the molecule is C#Cc1nc(-c2ccccc2)no1. The third-order valence-electron chi connectivity index (χ3n) is 1.58. The fourth-order valence-corrected chi connectivity index (χ4v) is 0.987. The minimum Gasteiger partial charge on any atom is -0.325 e. The van der Waals surface area contributed by atoms with E-state index in [2.05, 4.69) is 16.1 Å². The zero-order valence-electron chi connectivity index (χ0n) is 6.77. The van der Waals surface area contributed by atoms with Gasteiger partial charge >= 0.3 is 5.89 Å². The molecule has 0 aliphatic heterocycles. The van der Waals surface area contributed by atoms with Crippen molar-refractivity contribution in [2.75, 3.05) is 0 Å². The smallest absolute Gasteiger partial charge is 0.302 e. The third kappa shape index (κ3) is 1.42. The molecule has 1 aromatic heterocycles. The van der Waals surface area contributed by atoms with E-state index in [9.17, 15) is 0 Å². The van der Waals surface area contributed by atoms with Crippen LogP contribution < -0.4 is 0 Å². The molecule has 13 heavy (non-hydrogen) atoms. The maximum atomic E-state index is 5.09. The van der Waals surface area contributed by atoms with Gasteiger partial charge in [0.05, 0.1) is 0 Å². The maximum absolute atomic E-state index is 5.09. The number of terminal acetylenes is 1. The second-order valence-corrected chi connectivity index (χ2v) is 2.43. The zero-order valence-corrected chi connectivity index (χ0v) is 6.77. The van der Waals surface area contributed by atoms with Crippen LogP contribution in [0.1, 0.15) is 5.89 Å². The Hall–Kier alpha value is -2.08. The van der Waals surface area contributed by atoms with E-state index in [4.69, 9.17) is 10.9 Å². The Balaban J connectivity index is 2.43. The van der Waals surface area contributed by atoms with Gasteiger partial charge < -0.3 is 4.52 Å². The van der Waals surface area contributed by atoms with Crippen molar-refractivity contribution < 1.29 is 4.52 Å². The van der Waals surface area contributed by atoms with Crippen LogP contribution in [0, 0.1) is 12.3 Å². The van der Waals surface area contributed by atoms with Crippen molar-refractivity contribution in [3.8, 4) is 23.7 Å². The van der Waals surface area contributed by atoms with Gasteiger partial charge in [-0.25, -0.2) is 0 Å². The van der Waals surface area contributed by atoms with E-state index in [1.807, 2.05) is 30.3 Å². The summed E-state index contributed by atoms with van der Waals surface area (Å²) in [6, 6.07) is 9.52. The second kappa shape index (κ2) is 3.11. The van der Waals surface area contributed by atoms with Crippen LogP contribution >= 0.6 is 0 Å². The molecule has 0 spiro atoms. The zero-order chi connectivity index (χ0) is 9.10. The molecule has 1 heterocycles. The summed E-state index contributed by atoms with van der Waals surface area (Å²) in [6.45, 7) is 0. The second-order valence-electron chi connectivity index (χ2n) is 2.43. The van der Waals surface area contributed by atoms with Crippen molar-refractivity contribution >= 4 is 0 Å². The molecule has 0 unspecified atom stereocenters. The summed E-state index contributed by atoms with van der Waals surface area (Å²) in [7, 11) is 0. The summed E-state index contributed by atoms with van der Waals surface area (Å²) in [5.41, 5.74) is 0.896. The molecule has 0 atom stereocenters. The number of nitrogens with zero attached hydrogens (tertiary/aromatic N) is 2. The number of rotatable bonds is 1. The molecular formula is C10H6N2O. The van der Waals surface area contributed by atoms with Crippen molar-refractivity contribution in [1.82, 2.24) is 10.1 Å². The maximum Gasteiger partial charge on any atom is 0.302 e. The number of hydrogen-bond acceptors (Lipinski definition) is 3. The summed E-state index contributed by atoms with van der Waals surface area (Å²) in [5, 5.41) is 3.73. The first kappa shape index (κ1) is 7.56. The van der Waals surface area contributed by atoms with Crippen LogP contribution in [0.25, 0.3) is 11.4 Å². The minimum absolute atomic E-state index is 0.207. The lowest BCUT2D eigenvalue weighted by molar-refractivity contribution is 0.409. The summed E-state index contributed by atoms with van der Waals surface area (Å²) in [4.78, 5) is 3.99. The Bertz CT molecular complexity index is 439. The number of hydrogen-bond donors (Lipinski definition) is 0. The first-order valence-electron chi connectivity index (χ1n) is 3.76. The van der Waals surface area contributed by atoms with Crippen LogP contribution in [0.15, 0.2) is 34.9 Å². The highest BCUT2D eigenvalue weighted by Gasteiger charge is 2.04. The Morgan fingerprint density at radius 3 is 2.62 bits per heavy atom. The van der Waals surface area contributed by atoms with Crippen LogP contribution in [0.5, 0.6) is 0 Å². The van der Waals surface area contributed by atoms with E-state index in [0.29, 0.717) is 5.82 Å². The van der Waals surface area contributed by atoms with Crippen molar-refractivity contribution in [2.45, 2.75) is 0 Å². The molecule has 0 saturated carbocycles. The van der Waals surface area contributed by atoms with Crippen LogP contribution in [-0.4, -0.2) is 10.1 Å². The molecule has 1 aromatic carbocycles. The Kier molecular flexibility index (Phi) is 1.81. The lowest BCUT2D eigenvalue weighted by atomic mass is 10.2. The Labute approximate surface area is 75.4 Å². The normalized spacial score (nSPS) is 9.46. The molecule has 0 amide bonds. The largest absolute Gasteiger partial charge is 0.325 e. The lowest BCUT2D eigenvalue weighted by Crippen LogP contribution is -1.78. The van der Waals surface area contributed by atoms with E-state index < -0.39 is 0 Å². The molecule has 0 aliphatic carbocycles. The van der Waals surface area contributed by atoms with E-state index in [1.54, 1.807) is 0 Å². The first-order chi connectivity index (χ1) is 6.40. The molecule has 3 nitrogen and oxygen atoms in total. The highest BCUT2D eigenvalue weighted by Crippen LogP contribution is 2.13. The Morgan fingerprint density at radius 2 is 2.00 bits per heavy atom. The Morgan fingerprint density at radius 1 is 1.23 bits per heavy atom. The summed E-state index contributed by atoms with van der Waals surface area (Å²) >= 11 is 0. The molecule has 0 fully saturated rings. The van der Waals surface area contributed by atoms with Crippen molar-refractivity contribution in [2.24, 2.45) is 0 Å². The van der Waals surface area contributed by atoms with Gasteiger partial charge in [0.2, 0.25) is 5.82 Å². The van der Waals surface area contributed by atoms with E-state index in [0.717, 1.165) is 5.56 Å². The molecule has 3 heteroatoms. The number of aromatic nitrogens is 2. The van der Waals surface area contributed by atoms with Crippen molar-refractivity contribution in [1.29, 1.82) is 0 Å². The fraction of sp³-hybridized carbons (Fsp3) is 0. The predicted molar refractivity (Wildman–Crippen MR) is 47.7 cm³/mol. The first-order valence-corrected chi connectivity index (χ1v) is 3.76. The summed E-state index contributed by atoms with van der Waals surface area (Å²) < 4.78 is 4.77. The van der Waals surface area contributed by atoms with Gasteiger partial charge in [0.1, 0.15) is 0 Å². The van der Waals surface area contributed by atoms with Crippen LogP contribution in [0.2, 0.25) is 0 Å². The third-order valence-corrected chi connectivity index (χ3v) is 1.58. The average molecular weight is 170 g/mol. The molecule has 0 N–H and O–H groups in total. The van der Waals surface area contributed by atoms with Gasteiger partial charge in [0, 0.05) is 5.56 Å². The van der Waals surface area contributed by atoms with Crippen LogP contribution in [-0.2, 0) is 0 Å². The fourth-order valence-electron chi connectivity index (χ4n) is 0.987. The molecule has 0 saturated heterocycles. The summed E-state index contributed by atoms with van der Waals surface area (Å²) in [5.74, 6) is 3.01. The van der Waals surface area contributed by atoms with Gasteiger partial charge in [0.15, 0.2) is 0 Å². The van der Waals surface area contributed by atoms with Gasteiger partial charge in [0.25, 0.3) is 0 Å². The minimum atomic E-state index is 0.207. The quantitative estimate of drug-likeness (QED) is 0.611. The van der Waals surface area contributed by atoms with Gasteiger partial charge in [-0.3, -0.25) is 0 Å². The highest BCUT2D eigenvalue weighted by atomic mass is 16.5. The lowest BCUT2D eigenvalue weighted by Gasteiger charge is -1.89.